The number of aliphatic carboxylic acids is 1. The van der Waals surface area contributed by atoms with Crippen molar-refractivity contribution in [2.75, 3.05) is 17.3 Å². The van der Waals surface area contributed by atoms with Crippen LogP contribution in [0.4, 0.5) is 10.1 Å². The smallest absolute Gasteiger partial charge is 0.326 e. The Hall–Kier alpha value is -1.23. The van der Waals surface area contributed by atoms with Crippen molar-refractivity contribution in [3.8, 4) is 0 Å². The molecule has 1 unspecified atom stereocenters. The molecule has 5 heteroatoms. The number of carboxylic acid groups (broad SMARTS) is 1. The monoisotopic (exact) mass is 259 g/mol. The summed E-state index contributed by atoms with van der Waals surface area (Å²) in [5.74, 6) is -0.779. The van der Waals surface area contributed by atoms with Crippen LogP contribution >= 0.6 is 11.8 Å². The molecular weight excluding hydrogens is 241 g/mol. The van der Waals surface area contributed by atoms with Crippen LogP contribution in [0.5, 0.6) is 0 Å². The highest BCUT2D eigenvalue weighted by Crippen LogP contribution is 2.11. The molecule has 0 heterocycles. The van der Waals surface area contributed by atoms with Gasteiger partial charge in [-0.1, -0.05) is 13.8 Å². The zero-order chi connectivity index (χ0) is 13.3. The molecule has 0 amide bonds. The number of nitrogens with one attached hydrogen (secondary N) is 1. The number of carboxylic acids is 1. The van der Waals surface area contributed by atoms with Crippen molar-refractivity contribution >= 4 is 23.4 Å². The van der Waals surface area contributed by atoms with E-state index in [4.69, 9.17) is 5.11 Å². The van der Waals surface area contributed by atoms with Crippen LogP contribution in [0, 0.1) is 5.82 Å². The molecule has 1 rings (SSSR count). The molecule has 0 radical (unpaired) electrons. The first kappa shape index (κ1) is 15.8. The van der Waals surface area contributed by atoms with Crippen LogP contribution in [0.25, 0.3) is 0 Å². The van der Waals surface area contributed by atoms with E-state index in [-0.39, 0.29) is 5.82 Å². The molecule has 0 saturated heterocycles. The second-order valence-corrected chi connectivity index (χ2v) is 3.91. The minimum atomic E-state index is -0.909. The number of anilines is 1. The number of hydrogen-bond donors (Lipinski definition) is 2. The maximum atomic E-state index is 12.6. The SMILES string of the molecule is CC.CSCC(Nc1ccc(F)cc1)C(=O)O. The van der Waals surface area contributed by atoms with Gasteiger partial charge >= 0.3 is 5.97 Å². The molecule has 0 aliphatic carbocycles. The molecule has 0 aliphatic rings. The third kappa shape index (κ3) is 6.16. The topological polar surface area (TPSA) is 49.3 Å². The quantitative estimate of drug-likeness (QED) is 0.853. The maximum absolute atomic E-state index is 12.6. The van der Waals surface area contributed by atoms with Crippen LogP contribution in [0.1, 0.15) is 13.8 Å². The fourth-order valence-corrected chi connectivity index (χ4v) is 1.65. The van der Waals surface area contributed by atoms with Crippen molar-refractivity contribution in [3.05, 3.63) is 30.1 Å². The first-order chi connectivity index (χ1) is 8.13. The van der Waals surface area contributed by atoms with Gasteiger partial charge in [-0.15, -0.1) is 0 Å². The molecule has 0 spiro atoms. The van der Waals surface area contributed by atoms with E-state index in [0.29, 0.717) is 11.4 Å². The second kappa shape index (κ2) is 8.87. The normalized spacial score (nSPS) is 11.1. The average molecular weight is 259 g/mol. The molecule has 1 atom stereocenters. The Kier molecular flexibility index (Phi) is 8.23. The molecule has 96 valence electrons. The van der Waals surface area contributed by atoms with Gasteiger partial charge in [-0.2, -0.15) is 11.8 Å². The van der Waals surface area contributed by atoms with Gasteiger partial charge in [-0.25, -0.2) is 9.18 Å². The predicted octanol–water partition coefficient (Wildman–Crippen LogP) is 3.08. The van der Waals surface area contributed by atoms with Gasteiger partial charge < -0.3 is 10.4 Å². The van der Waals surface area contributed by atoms with E-state index in [9.17, 15) is 9.18 Å². The Balaban J connectivity index is 0.00000121. The summed E-state index contributed by atoms with van der Waals surface area (Å²) in [6.45, 7) is 4.00. The third-order valence-corrected chi connectivity index (χ3v) is 2.48. The number of halogens is 1. The van der Waals surface area contributed by atoms with Crippen LogP contribution in [0.15, 0.2) is 24.3 Å². The summed E-state index contributed by atoms with van der Waals surface area (Å²) in [4.78, 5) is 10.8. The van der Waals surface area contributed by atoms with Gasteiger partial charge in [0.25, 0.3) is 0 Å². The average Bonchev–Trinajstić information content (AvgIpc) is 2.34. The number of thioether (sulfide) groups is 1. The van der Waals surface area contributed by atoms with E-state index in [2.05, 4.69) is 5.32 Å². The van der Waals surface area contributed by atoms with Crippen LogP contribution in [0.2, 0.25) is 0 Å². The van der Waals surface area contributed by atoms with E-state index >= 15 is 0 Å². The highest BCUT2D eigenvalue weighted by molar-refractivity contribution is 7.98. The molecule has 3 nitrogen and oxygen atoms in total. The molecular formula is C12H18FNO2S. The second-order valence-electron chi connectivity index (χ2n) is 3.00. The highest BCUT2D eigenvalue weighted by atomic mass is 32.2. The van der Waals surface area contributed by atoms with Crippen molar-refractivity contribution < 1.29 is 14.3 Å². The van der Waals surface area contributed by atoms with E-state index in [0.717, 1.165) is 0 Å². The third-order valence-electron chi connectivity index (χ3n) is 1.82. The van der Waals surface area contributed by atoms with Gasteiger partial charge in [0.2, 0.25) is 0 Å². The number of rotatable bonds is 5. The zero-order valence-electron chi connectivity index (χ0n) is 10.2. The molecule has 1 aromatic carbocycles. The summed E-state index contributed by atoms with van der Waals surface area (Å²) >= 11 is 1.44. The first-order valence-electron chi connectivity index (χ1n) is 5.37. The standard InChI is InChI=1S/C10H12FNO2S.C2H6/c1-15-6-9(10(13)14)12-8-4-2-7(11)3-5-8;1-2/h2-5,9,12H,6H2,1H3,(H,13,14);1-2H3. The number of hydrogen-bond acceptors (Lipinski definition) is 3. The largest absolute Gasteiger partial charge is 0.480 e. The number of benzene rings is 1. The fourth-order valence-electron chi connectivity index (χ4n) is 1.09. The maximum Gasteiger partial charge on any atom is 0.326 e. The summed E-state index contributed by atoms with van der Waals surface area (Å²) < 4.78 is 12.6. The van der Waals surface area contributed by atoms with Gasteiger partial charge in [0.15, 0.2) is 0 Å². The Morgan fingerprint density at radius 3 is 2.35 bits per heavy atom. The lowest BCUT2D eigenvalue weighted by Gasteiger charge is -2.14. The summed E-state index contributed by atoms with van der Waals surface area (Å²) in [5.41, 5.74) is 0.609. The van der Waals surface area contributed by atoms with Gasteiger partial charge in [0.05, 0.1) is 0 Å². The molecule has 0 fully saturated rings. The van der Waals surface area contributed by atoms with Gasteiger partial charge in [0, 0.05) is 11.4 Å². The summed E-state index contributed by atoms with van der Waals surface area (Å²) in [6, 6.07) is 4.98. The van der Waals surface area contributed by atoms with Gasteiger partial charge in [0.1, 0.15) is 11.9 Å². The Labute approximate surface area is 105 Å². The predicted molar refractivity (Wildman–Crippen MR) is 71.2 cm³/mol. The fraction of sp³-hybridized carbons (Fsp3) is 0.417. The highest BCUT2D eigenvalue weighted by Gasteiger charge is 2.15. The molecule has 0 saturated carbocycles. The molecule has 1 aromatic rings. The Bertz CT molecular complexity index is 330. The summed E-state index contributed by atoms with van der Waals surface area (Å²) in [5, 5.41) is 11.7. The van der Waals surface area contributed by atoms with Crippen molar-refractivity contribution in [3.63, 3.8) is 0 Å². The van der Waals surface area contributed by atoms with Gasteiger partial charge in [-0.3, -0.25) is 0 Å². The lowest BCUT2D eigenvalue weighted by Crippen LogP contribution is -2.31. The van der Waals surface area contributed by atoms with E-state index in [1.165, 1.54) is 36.0 Å². The lowest BCUT2D eigenvalue weighted by atomic mass is 10.2. The minimum Gasteiger partial charge on any atom is -0.480 e. The van der Waals surface area contributed by atoms with Crippen molar-refractivity contribution in [1.29, 1.82) is 0 Å². The first-order valence-corrected chi connectivity index (χ1v) is 6.76. The van der Waals surface area contributed by atoms with Crippen LogP contribution in [-0.4, -0.2) is 29.1 Å². The summed E-state index contributed by atoms with van der Waals surface area (Å²) in [6.07, 6.45) is 1.84. The lowest BCUT2D eigenvalue weighted by molar-refractivity contribution is -0.137. The molecule has 2 N–H and O–H groups in total. The van der Waals surface area contributed by atoms with Crippen molar-refractivity contribution in [1.82, 2.24) is 0 Å². The van der Waals surface area contributed by atoms with Crippen LogP contribution in [0.3, 0.4) is 0 Å². The Morgan fingerprint density at radius 2 is 1.94 bits per heavy atom. The molecule has 0 bridgehead atoms. The molecule has 17 heavy (non-hydrogen) atoms. The van der Waals surface area contributed by atoms with Gasteiger partial charge in [-0.05, 0) is 30.5 Å². The Morgan fingerprint density at radius 1 is 1.41 bits per heavy atom. The zero-order valence-corrected chi connectivity index (χ0v) is 11.1. The number of carbonyl (C=O) groups is 1. The van der Waals surface area contributed by atoms with E-state index in [1.54, 1.807) is 0 Å². The van der Waals surface area contributed by atoms with E-state index < -0.39 is 12.0 Å². The van der Waals surface area contributed by atoms with E-state index in [1.807, 2.05) is 20.1 Å². The van der Waals surface area contributed by atoms with Crippen LogP contribution < -0.4 is 5.32 Å². The summed E-state index contributed by atoms with van der Waals surface area (Å²) in [7, 11) is 0. The molecule has 0 aliphatic heterocycles. The van der Waals surface area contributed by atoms with Crippen LogP contribution in [-0.2, 0) is 4.79 Å². The van der Waals surface area contributed by atoms with Crippen molar-refractivity contribution in [2.24, 2.45) is 0 Å². The molecule has 0 aromatic heterocycles. The van der Waals surface area contributed by atoms with Crippen molar-refractivity contribution in [2.45, 2.75) is 19.9 Å². The minimum absolute atomic E-state index is 0.336.